The Bertz CT molecular complexity index is 685. The van der Waals surface area contributed by atoms with E-state index in [1.54, 1.807) is 7.11 Å². The second-order valence-electron chi connectivity index (χ2n) is 8.11. The molecule has 3 heteroatoms. The second-order valence-corrected chi connectivity index (χ2v) is 8.11. The van der Waals surface area contributed by atoms with Crippen molar-refractivity contribution in [3.8, 4) is 16.9 Å². The second kappa shape index (κ2) is 12.0. The van der Waals surface area contributed by atoms with Crippen LogP contribution in [0.5, 0.6) is 5.75 Å². The van der Waals surface area contributed by atoms with Crippen molar-refractivity contribution in [1.29, 1.82) is 0 Å². The zero-order valence-electron chi connectivity index (χ0n) is 18.1. The lowest BCUT2D eigenvalue weighted by molar-refractivity contribution is 0.0544. The number of hydrogen-bond acceptors (Lipinski definition) is 3. The highest BCUT2D eigenvalue weighted by atomic mass is 16.5. The summed E-state index contributed by atoms with van der Waals surface area (Å²) in [5.41, 5.74) is 4.01. The van der Waals surface area contributed by atoms with E-state index in [2.05, 4.69) is 43.3 Å². The first-order valence-electron chi connectivity index (χ1n) is 11.2. The zero-order chi connectivity index (χ0) is 20.3. The van der Waals surface area contributed by atoms with E-state index in [0.717, 1.165) is 17.6 Å². The first kappa shape index (κ1) is 21.9. The third kappa shape index (κ3) is 6.87. The van der Waals surface area contributed by atoms with Gasteiger partial charge in [-0.2, -0.15) is 0 Å². The van der Waals surface area contributed by atoms with Crippen LogP contribution in [0.4, 0.5) is 0 Å². The predicted molar refractivity (Wildman–Crippen MR) is 120 cm³/mol. The van der Waals surface area contributed by atoms with Gasteiger partial charge in [0.1, 0.15) is 12.4 Å². The van der Waals surface area contributed by atoms with E-state index in [1.807, 2.05) is 12.1 Å². The summed E-state index contributed by atoms with van der Waals surface area (Å²) in [4.78, 5) is 0. The quantitative estimate of drug-likeness (QED) is 0.407. The number of ether oxygens (including phenoxy) is 3. The minimum absolute atomic E-state index is 0.554. The van der Waals surface area contributed by atoms with Gasteiger partial charge >= 0.3 is 0 Å². The molecule has 1 fully saturated rings. The molecule has 1 aliphatic carbocycles. The molecule has 0 heterocycles. The topological polar surface area (TPSA) is 27.7 Å². The van der Waals surface area contributed by atoms with Gasteiger partial charge < -0.3 is 14.2 Å². The van der Waals surface area contributed by atoms with Gasteiger partial charge in [-0.05, 0) is 66.3 Å². The average molecular weight is 397 g/mol. The summed E-state index contributed by atoms with van der Waals surface area (Å²) < 4.78 is 16.1. The van der Waals surface area contributed by atoms with Crippen LogP contribution in [0, 0.1) is 5.92 Å². The van der Waals surface area contributed by atoms with Gasteiger partial charge in [0.2, 0.25) is 0 Å². The molecule has 0 radical (unpaired) electrons. The third-order valence-electron chi connectivity index (χ3n) is 6.04. The van der Waals surface area contributed by atoms with Crippen molar-refractivity contribution >= 4 is 0 Å². The molecular formula is C26H36O3. The van der Waals surface area contributed by atoms with E-state index in [4.69, 9.17) is 14.2 Å². The van der Waals surface area contributed by atoms with Crippen LogP contribution < -0.4 is 4.74 Å². The van der Waals surface area contributed by atoms with E-state index in [9.17, 15) is 0 Å². The van der Waals surface area contributed by atoms with Gasteiger partial charge in [0.05, 0.1) is 19.8 Å². The molecule has 0 bridgehead atoms. The van der Waals surface area contributed by atoms with E-state index in [-0.39, 0.29) is 0 Å². The number of methoxy groups -OCH3 is 1. The smallest absolute Gasteiger partial charge is 0.119 e. The fourth-order valence-electron chi connectivity index (χ4n) is 4.35. The van der Waals surface area contributed by atoms with E-state index in [1.165, 1.54) is 55.2 Å². The molecule has 2 aromatic rings. The largest absolute Gasteiger partial charge is 0.491 e. The molecule has 0 N–H and O–H groups in total. The highest BCUT2D eigenvalue weighted by Crippen LogP contribution is 2.38. The summed E-state index contributed by atoms with van der Waals surface area (Å²) in [6, 6.07) is 17.5. The van der Waals surface area contributed by atoms with Crippen LogP contribution >= 0.6 is 0 Å². The predicted octanol–water partition coefficient (Wildman–Crippen LogP) is 6.47. The Balaban J connectivity index is 1.47. The van der Waals surface area contributed by atoms with Crippen molar-refractivity contribution in [3.63, 3.8) is 0 Å². The molecule has 3 rings (SSSR count). The van der Waals surface area contributed by atoms with Gasteiger partial charge in [-0.1, -0.05) is 56.2 Å². The molecule has 1 saturated carbocycles. The van der Waals surface area contributed by atoms with Crippen LogP contribution in [0.3, 0.4) is 0 Å². The molecule has 0 atom stereocenters. The first-order chi connectivity index (χ1) is 14.3. The maximum atomic E-state index is 5.74. The van der Waals surface area contributed by atoms with E-state index in [0.29, 0.717) is 26.4 Å². The van der Waals surface area contributed by atoms with Crippen molar-refractivity contribution in [3.05, 3.63) is 54.1 Å². The lowest BCUT2D eigenvalue weighted by atomic mass is 9.77. The maximum Gasteiger partial charge on any atom is 0.119 e. The van der Waals surface area contributed by atoms with Crippen LogP contribution in [0.2, 0.25) is 0 Å². The Morgan fingerprint density at radius 3 is 2.00 bits per heavy atom. The summed E-state index contributed by atoms with van der Waals surface area (Å²) in [5.74, 6) is 2.59. The van der Waals surface area contributed by atoms with Crippen LogP contribution in [-0.2, 0) is 9.47 Å². The Hall–Kier alpha value is -1.84. The molecule has 158 valence electrons. The molecule has 0 unspecified atom stereocenters. The van der Waals surface area contributed by atoms with Gasteiger partial charge in [-0.15, -0.1) is 0 Å². The molecule has 1 aliphatic rings. The van der Waals surface area contributed by atoms with Gasteiger partial charge in [-0.25, -0.2) is 0 Å². The van der Waals surface area contributed by atoms with Gasteiger partial charge in [0, 0.05) is 7.11 Å². The summed E-state index contributed by atoms with van der Waals surface area (Å²) in [7, 11) is 1.67. The van der Waals surface area contributed by atoms with Crippen molar-refractivity contribution in [2.24, 2.45) is 5.92 Å². The van der Waals surface area contributed by atoms with Crippen LogP contribution in [0.15, 0.2) is 48.5 Å². The standard InChI is InChI=1S/C26H36O3/c1-3-4-21-5-7-22(8-6-21)23-9-11-24(12-10-23)25-13-15-26(16-14-25)29-20-19-28-18-17-27-2/h9-16,21-22H,3-8,17-20H2,1-2H3. The molecule has 0 aromatic heterocycles. The third-order valence-corrected chi connectivity index (χ3v) is 6.04. The average Bonchev–Trinajstić information content (AvgIpc) is 2.78. The summed E-state index contributed by atoms with van der Waals surface area (Å²) in [5, 5.41) is 0. The molecule has 3 nitrogen and oxygen atoms in total. The van der Waals surface area contributed by atoms with Crippen molar-refractivity contribution in [2.75, 3.05) is 33.5 Å². The van der Waals surface area contributed by atoms with Crippen LogP contribution in [0.25, 0.3) is 11.1 Å². The zero-order valence-corrected chi connectivity index (χ0v) is 18.1. The SMILES string of the molecule is CCCC1CCC(c2ccc(-c3ccc(OCCOCCOC)cc3)cc2)CC1. The van der Waals surface area contributed by atoms with Gasteiger partial charge in [-0.3, -0.25) is 0 Å². The van der Waals surface area contributed by atoms with E-state index >= 15 is 0 Å². The summed E-state index contributed by atoms with van der Waals surface area (Å²) in [6.07, 6.45) is 8.25. The van der Waals surface area contributed by atoms with Crippen LogP contribution in [0.1, 0.15) is 56.9 Å². The fraction of sp³-hybridized carbons (Fsp3) is 0.538. The minimum atomic E-state index is 0.554. The molecule has 2 aromatic carbocycles. The van der Waals surface area contributed by atoms with Crippen molar-refractivity contribution < 1.29 is 14.2 Å². The fourth-order valence-corrected chi connectivity index (χ4v) is 4.35. The maximum absolute atomic E-state index is 5.74. The van der Waals surface area contributed by atoms with Crippen molar-refractivity contribution in [1.82, 2.24) is 0 Å². The normalized spacial score (nSPS) is 19.2. The molecule has 0 spiro atoms. The van der Waals surface area contributed by atoms with Gasteiger partial charge in [0.15, 0.2) is 0 Å². The molecule has 0 amide bonds. The Labute approximate surface area is 176 Å². The monoisotopic (exact) mass is 396 g/mol. The lowest BCUT2D eigenvalue weighted by Crippen LogP contribution is -2.13. The number of rotatable bonds is 11. The van der Waals surface area contributed by atoms with E-state index < -0.39 is 0 Å². The van der Waals surface area contributed by atoms with Crippen molar-refractivity contribution in [2.45, 2.75) is 51.4 Å². The highest BCUT2D eigenvalue weighted by molar-refractivity contribution is 5.64. The number of benzene rings is 2. The Morgan fingerprint density at radius 1 is 0.759 bits per heavy atom. The van der Waals surface area contributed by atoms with Gasteiger partial charge in [0.25, 0.3) is 0 Å². The summed E-state index contributed by atoms with van der Waals surface area (Å²) in [6.45, 7) is 4.66. The molecule has 0 saturated heterocycles. The molecule has 0 aliphatic heterocycles. The molecule has 29 heavy (non-hydrogen) atoms. The summed E-state index contributed by atoms with van der Waals surface area (Å²) >= 11 is 0. The first-order valence-corrected chi connectivity index (χ1v) is 11.2. The Morgan fingerprint density at radius 2 is 1.38 bits per heavy atom. The Kier molecular flexibility index (Phi) is 9.04. The number of hydrogen-bond donors (Lipinski definition) is 0. The minimum Gasteiger partial charge on any atom is -0.491 e. The highest BCUT2D eigenvalue weighted by Gasteiger charge is 2.21. The lowest BCUT2D eigenvalue weighted by Gasteiger charge is -2.28. The molecular weight excluding hydrogens is 360 g/mol. The van der Waals surface area contributed by atoms with Crippen LogP contribution in [-0.4, -0.2) is 33.5 Å².